The van der Waals surface area contributed by atoms with Gasteiger partial charge in [-0.15, -0.1) is 0 Å². The maximum Gasteiger partial charge on any atom is 0.338 e. The maximum absolute atomic E-state index is 14.0. The molecule has 0 saturated carbocycles. The monoisotopic (exact) mass is 628 g/mol. The van der Waals surface area contributed by atoms with Crippen molar-refractivity contribution in [1.29, 1.82) is 0 Å². The quantitative estimate of drug-likeness (QED) is 0.149. The number of non-ortho nitro benzene ring substituents is 1. The van der Waals surface area contributed by atoms with Gasteiger partial charge in [-0.3, -0.25) is 19.5 Å². The van der Waals surface area contributed by atoms with Gasteiger partial charge in [0.25, 0.3) is 11.2 Å². The fourth-order valence-electron chi connectivity index (χ4n) is 5.17. The number of carbonyl (C=O) groups excluding carboxylic acids is 1. The van der Waals surface area contributed by atoms with Crippen molar-refractivity contribution in [2.75, 3.05) is 27.9 Å². The highest BCUT2D eigenvalue weighted by Gasteiger charge is 2.34. The molecule has 1 aromatic heterocycles. The molecule has 0 bridgehead atoms. The predicted octanol–water partition coefficient (Wildman–Crippen LogP) is 3.58. The number of ether oxygens (including phenoxy) is 5. The summed E-state index contributed by atoms with van der Waals surface area (Å²) in [7, 11) is 4.53. The van der Waals surface area contributed by atoms with Crippen molar-refractivity contribution in [2.24, 2.45) is 4.99 Å². The van der Waals surface area contributed by atoms with Gasteiger partial charge in [-0.1, -0.05) is 12.1 Å². The number of hydrogen-bond acceptors (Lipinski definition) is 10. The molecule has 4 aromatic rings. The molecule has 1 aliphatic rings. The largest absolute Gasteiger partial charge is 0.493 e. The Kier molecular flexibility index (Phi) is 9.21. The molecule has 0 fully saturated rings. The number of carbonyl (C=O) groups is 1. The van der Waals surface area contributed by atoms with Crippen LogP contribution in [0.5, 0.6) is 23.0 Å². The fourth-order valence-corrected chi connectivity index (χ4v) is 5.17. The summed E-state index contributed by atoms with van der Waals surface area (Å²) in [5.74, 6) is 1.21. The standard InChI is InChI=1S/C33H32N4O9/c1-6-45-32(39)29-19(2)34-33-35-24(31(38)36(33)30(29)22-10-14-25(42-3)28(17-22)44-5)15-21-9-13-26(27(16-21)43-4)46-18-20-7-11-23(12-8-20)37(40)41/h7-17,30H,6,18H2,1-5H3,(H,34,35). The second-order valence-corrected chi connectivity index (χ2v) is 10.2. The van der Waals surface area contributed by atoms with Gasteiger partial charge in [0.2, 0.25) is 5.62 Å². The Hall–Kier alpha value is -5.85. The zero-order valence-corrected chi connectivity index (χ0v) is 25.9. The number of aromatic nitrogens is 2. The number of aromatic amines is 1. The van der Waals surface area contributed by atoms with Crippen molar-refractivity contribution in [1.82, 2.24) is 9.55 Å². The number of hydrogen-bond donors (Lipinski definition) is 1. The summed E-state index contributed by atoms with van der Waals surface area (Å²) in [6, 6.07) is 15.6. The van der Waals surface area contributed by atoms with Gasteiger partial charge in [-0.25, -0.2) is 9.79 Å². The van der Waals surface area contributed by atoms with E-state index in [-0.39, 0.29) is 35.4 Å². The number of H-pyrrole nitrogens is 1. The molecule has 0 amide bonds. The number of benzene rings is 3. The Labute approximate surface area is 263 Å². The highest BCUT2D eigenvalue weighted by molar-refractivity contribution is 5.91. The molecule has 0 radical (unpaired) electrons. The number of rotatable bonds is 11. The molecule has 2 heterocycles. The first-order valence-corrected chi connectivity index (χ1v) is 14.2. The molecule has 238 valence electrons. The molecule has 46 heavy (non-hydrogen) atoms. The first kappa shape index (κ1) is 31.6. The number of nitro groups is 1. The SMILES string of the molecule is CCOC(=O)C1=C(C)N=c2[nH]c(=Cc3ccc(OCc4ccc([N+](=O)[O-])cc4)c(OC)c3)c(=O)n2C1c1ccc(OC)c(OC)c1. The first-order valence-electron chi connectivity index (χ1n) is 14.2. The van der Waals surface area contributed by atoms with E-state index in [0.29, 0.717) is 39.8 Å². The van der Waals surface area contributed by atoms with Crippen LogP contribution in [0.3, 0.4) is 0 Å². The van der Waals surface area contributed by atoms with Crippen molar-refractivity contribution >= 4 is 17.7 Å². The van der Waals surface area contributed by atoms with Crippen LogP contribution in [0, 0.1) is 10.1 Å². The van der Waals surface area contributed by atoms with Crippen LogP contribution >= 0.6 is 0 Å². The van der Waals surface area contributed by atoms with Crippen LogP contribution in [0.1, 0.15) is 36.6 Å². The number of imidazole rings is 1. The Morgan fingerprint density at radius 2 is 1.65 bits per heavy atom. The zero-order valence-electron chi connectivity index (χ0n) is 25.9. The van der Waals surface area contributed by atoms with E-state index < -0.39 is 22.5 Å². The third kappa shape index (κ3) is 6.20. The van der Waals surface area contributed by atoms with E-state index in [1.165, 1.54) is 38.0 Å². The zero-order chi connectivity index (χ0) is 33.0. The molecular formula is C33H32N4O9. The van der Waals surface area contributed by atoms with Gasteiger partial charge >= 0.3 is 5.97 Å². The van der Waals surface area contributed by atoms with Crippen LogP contribution in [-0.2, 0) is 16.1 Å². The van der Waals surface area contributed by atoms with E-state index in [9.17, 15) is 19.7 Å². The van der Waals surface area contributed by atoms with Crippen molar-refractivity contribution in [3.05, 3.63) is 120 Å². The minimum Gasteiger partial charge on any atom is -0.493 e. The normalized spacial score (nSPS) is 14.3. The van der Waals surface area contributed by atoms with Crippen LogP contribution in [0.2, 0.25) is 0 Å². The number of nitro benzene ring substituents is 1. The molecular weight excluding hydrogens is 596 g/mol. The molecule has 13 heteroatoms. The molecule has 0 saturated heterocycles. The molecule has 1 N–H and O–H groups in total. The summed E-state index contributed by atoms with van der Waals surface area (Å²) < 4.78 is 29.1. The van der Waals surface area contributed by atoms with Gasteiger partial charge < -0.3 is 28.7 Å². The third-order valence-electron chi connectivity index (χ3n) is 7.38. The number of nitrogens with one attached hydrogen (secondary N) is 1. The summed E-state index contributed by atoms with van der Waals surface area (Å²) in [4.78, 5) is 45.3. The third-order valence-corrected chi connectivity index (χ3v) is 7.38. The lowest BCUT2D eigenvalue weighted by Crippen LogP contribution is -2.40. The molecule has 0 spiro atoms. The number of methoxy groups -OCH3 is 3. The number of esters is 1. The Morgan fingerprint density at radius 1 is 0.978 bits per heavy atom. The van der Waals surface area contributed by atoms with Gasteiger partial charge in [0.1, 0.15) is 12.0 Å². The van der Waals surface area contributed by atoms with Crippen molar-refractivity contribution < 1.29 is 33.4 Å². The molecule has 13 nitrogen and oxygen atoms in total. The average molecular weight is 629 g/mol. The Balaban J connectivity index is 1.53. The minimum absolute atomic E-state index is 0.00553. The van der Waals surface area contributed by atoms with Gasteiger partial charge in [0.05, 0.1) is 50.2 Å². The molecule has 1 unspecified atom stereocenters. The second kappa shape index (κ2) is 13.4. The fraction of sp³-hybridized carbons (Fsp3) is 0.242. The smallest absolute Gasteiger partial charge is 0.338 e. The Morgan fingerprint density at radius 3 is 2.30 bits per heavy atom. The van der Waals surface area contributed by atoms with Crippen molar-refractivity contribution in [3.8, 4) is 23.0 Å². The summed E-state index contributed by atoms with van der Waals surface area (Å²) in [6.45, 7) is 3.72. The van der Waals surface area contributed by atoms with E-state index in [0.717, 1.165) is 5.56 Å². The van der Waals surface area contributed by atoms with Crippen LogP contribution in [0.15, 0.2) is 81.7 Å². The molecule has 0 aliphatic carbocycles. The van der Waals surface area contributed by atoms with Crippen molar-refractivity contribution in [3.63, 3.8) is 0 Å². The topological polar surface area (TPSA) is 157 Å². The first-order chi connectivity index (χ1) is 22.2. The van der Waals surface area contributed by atoms with Gasteiger partial charge in [-0.2, -0.15) is 0 Å². The lowest BCUT2D eigenvalue weighted by molar-refractivity contribution is -0.384. The van der Waals surface area contributed by atoms with E-state index >= 15 is 0 Å². The van der Waals surface area contributed by atoms with Gasteiger partial charge in [0.15, 0.2) is 23.0 Å². The van der Waals surface area contributed by atoms with Crippen LogP contribution in [-0.4, -0.2) is 48.4 Å². The number of nitrogens with zero attached hydrogens (tertiary/aromatic N) is 3. The lowest BCUT2D eigenvalue weighted by atomic mass is 9.95. The molecule has 3 aromatic carbocycles. The van der Waals surface area contributed by atoms with E-state index in [4.69, 9.17) is 23.7 Å². The summed E-state index contributed by atoms with van der Waals surface area (Å²) in [5, 5.41) is 11.1. The predicted molar refractivity (Wildman–Crippen MR) is 167 cm³/mol. The lowest BCUT2D eigenvalue weighted by Gasteiger charge is -2.25. The Bertz CT molecular complexity index is 2010. The van der Waals surface area contributed by atoms with Crippen LogP contribution in [0.4, 0.5) is 5.69 Å². The molecule has 1 aliphatic heterocycles. The number of allylic oxidation sites excluding steroid dienone is 1. The van der Waals surface area contributed by atoms with Gasteiger partial charge in [0, 0.05) is 12.1 Å². The van der Waals surface area contributed by atoms with E-state index in [1.807, 2.05) is 0 Å². The highest BCUT2D eigenvalue weighted by atomic mass is 16.6. The molecule has 5 rings (SSSR count). The summed E-state index contributed by atoms with van der Waals surface area (Å²) in [6.07, 6.45) is 1.65. The molecule has 1 atom stereocenters. The average Bonchev–Trinajstić information content (AvgIpc) is 3.36. The van der Waals surface area contributed by atoms with E-state index in [1.54, 1.807) is 68.5 Å². The van der Waals surface area contributed by atoms with Gasteiger partial charge in [-0.05, 0) is 73.0 Å². The highest BCUT2D eigenvalue weighted by Crippen LogP contribution is 2.36. The number of fused-ring (bicyclic) bond motifs is 1. The van der Waals surface area contributed by atoms with Crippen LogP contribution < -0.4 is 35.5 Å². The van der Waals surface area contributed by atoms with Crippen LogP contribution in [0.25, 0.3) is 6.08 Å². The van der Waals surface area contributed by atoms with E-state index in [2.05, 4.69) is 9.98 Å². The minimum atomic E-state index is -0.859. The summed E-state index contributed by atoms with van der Waals surface area (Å²) >= 11 is 0. The maximum atomic E-state index is 14.0. The summed E-state index contributed by atoms with van der Waals surface area (Å²) in [5.41, 5.74) is 2.45. The second-order valence-electron chi connectivity index (χ2n) is 10.2. The van der Waals surface area contributed by atoms with Crippen molar-refractivity contribution in [2.45, 2.75) is 26.5 Å².